The van der Waals surface area contributed by atoms with E-state index in [4.69, 9.17) is 9.94 Å². The van der Waals surface area contributed by atoms with Gasteiger partial charge in [-0.15, -0.1) is 12.4 Å². The van der Waals surface area contributed by atoms with Crippen LogP contribution in [0.15, 0.2) is 36.7 Å². The standard InChI is InChI=1S/C15H15AsFIN2O4.ClH/c17-14-5-9(18)1-2-12(14)16-13-6-19-4-3-11(13)15(23)20-24-8-10(22)7-21;/h1-6,10,16,21-22H,7-8H2,(H,20,23);1H/t10-;/m0./s1. The van der Waals surface area contributed by atoms with Crippen LogP contribution in [0.4, 0.5) is 4.39 Å². The second-order valence-corrected chi connectivity index (χ2v) is 8.78. The van der Waals surface area contributed by atoms with Gasteiger partial charge in [-0.05, 0) is 0 Å². The number of hydrogen-bond acceptors (Lipinski definition) is 5. The molecule has 1 unspecified atom stereocenters. The SMILES string of the molecule is Cl.O=C(NOC[C@@H](O)CO)c1ccncc1[AsH]c1ccc(I)cc1F. The summed E-state index contributed by atoms with van der Waals surface area (Å²) in [6.07, 6.45) is 1.95. The van der Waals surface area contributed by atoms with Gasteiger partial charge in [0.15, 0.2) is 0 Å². The van der Waals surface area contributed by atoms with Gasteiger partial charge in [-0.25, -0.2) is 0 Å². The number of carbonyl (C=O) groups excluding carboxylic acids is 1. The van der Waals surface area contributed by atoms with E-state index < -0.39 is 34.4 Å². The Balaban J connectivity index is 0.00000312. The van der Waals surface area contributed by atoms with Crippen LogP contribution in [0, 0.1) is 9.39 Å². The summed E-state index contributed by atoms with van der Waals surface area (Å²) in [7, 11) is 0. The van der Waals surface area contributed by atoms with Crippen LogP contribution in [0.5, 0.6) is 0 Å². The number of amides is 1. The van der Waals surface area contributed by atoms with Crippen molar-refractivity contribution in [3.63, 3.8) is 0 Å². The van der Waals surface area contributed by atoms with E-state index in [1.54, 1.807) is 12.3 Å². The third-order valence-corrected chi connectivity index (χ3v) is 6.41. The summed E-state index contributed by atoms with van der Waals surface area (Å²) in [6.45, 7) is -0.695. The van der Waals surface area contributed by atoms with Crippen LogP contribution in [-0.4, -0.2) is 56.2 Å². The molecule has 3 N–H and O–H groups in total. The maximum atomic E-state index is 14.0. The number of benzene rings is 1. The van der Waals surface area contributed by atoms with Crippen LogP contribution in [0.25, 0.3) is 0 Å². The molecule has 1 aromatic heterocycles. The second kappa shape index (κ2) is 11.0. The summed E-state index contributed by atoms with van der Waals surface area (Å²) in [5.41, 5.74) is 2.55. The first-order valence-electron chi connectivity index (χ1n) is 6.88. The average Bonchev–Trinajstić information content (AvgIpc) is 2.57. The second-order valence-electron chi connectivity index (χ2n) is 4.75. The Morgan fingerprint density at radius 2 is 2.16 bits per heavy atom. The summed E-state index contributed by atoms with van der Waals surface area (Å²) < 4.78 is 16.1. The number of rotatable bonds is 7. The number of nitrogens with one attached hydrogen (secondary N) is 1. The third-order valence-electron chi connectivity index (χ3n) is 2.92. The van der Waals surface area contributed by atoms with Gasteiger partial charge in [0.05, 0.1) is 0 Å². The van der Waals surface area contributed by atoms with Crippen molar-refractivity contribution in [3.8, 4) is 0 Å². The molecule has 6 nitrogen and oxygen atoms in total. The summed E-state index contributed by atoms with van der Waals surface area (Å²) >= 11 is 0.941. The number of aliphatic hydroxyl groups is 2. The molecule has 136 valence electrons. The van der Waals surface area contributed by atoms with E-state index in [2.05, 4.69) is 10.5 Å². The molecule has 0 spiro atoms. The van der Waals surface area contributed by atoms with Gasteiger partial charge in [-0.2, -0.15) is 0 Å². The van der Waals surface area contributed by atoms with E-state index in [1.807, 2.05) is 28.7 Å². The maximum absolute atomic E-state index is 14.0. The van der Waals surface area contributed by atoms with E-state index in [9.17, 15) is 14.3 Å². The van der Waals surface area contributed by atoms with Crippen molar-refractivity contribution in [3.05, 3.63) is 51.6 Å². The number of pyridine rings is 1. The van der Waals surface area contributed by atoms with Crippen molar-refractivity contribution >= 4 is 65.4 Å². The molecule has 2 rings (SSSR count). The molecule has 0 fully saturated rings. The van der Waals surface area contributed by atoms with Gasteiger partial charge in [-0.3, -0.25) is 0 Å². The topological polar surface area (TPSA) is 91.7 Å². The summed E-state index contributed by atoms with van der Waals surface area (Å²) in [6, 6.07) is 6.53. The monoisotopic (exact) mass is 544 g/mol. The van der Waals surface area contributed by atoms with E-state index in [0.717, 1.165) is 3.57 Å². The predicted molar refractivity (Wildman–Crippen MR) is 104 cm³/mol. The van der Waals surface area contributed by atoms with Crippen molar-refractivity contribution in [2.24, 2.45) is 0 Å². The molecule has 1 heterocycles. The molecule has 0 saturated heterocycles. The number of nitrogens with zero attached hydrogens (tertiary/aromatic N) is 1. The molecule has 0 aliphatic carbocycles. The normalized spacial score (nSPS) is 12.0. The Morgan fingerprint density at radius 3 is 2.84 bits per heavy atom. The van der Waals surface area contributed by atoms with Gasteiger partial charge < -0.3 is 0 Å². The number of hydroxylamine groups is 1. The summed E-state index contributed by atoms with van der Waals surface area (Å²) in [5.74, 6) is -0.799. The van der Waals surface area contributed by atoms with Crippen molar-refractivity contribution in [1.82, 2.24) is 10.5 Å². The number of aromatic nitrogens is 1. The average molecular weight is 545 g/mol. The fraction of sp³-hybridized carbons (Fsp3) is 0.200. The molecule has 10 heteroatoms. The van der Waals surface area contributed by atoms with E-state index in [1.165, 1.54) is 18.3 Å². The summed E-state index contributed by atoms with van der Waals surface area (Å²) in [5, 5.41) is 17.9. The Hall–Kier alpha value is -0.772. The van der Waals surface area contributed by atoms with Crippen LogP contribution < -0.4 is 14.2 Å². The van der Waals surface area contributed by atoms with Crippen LogP contribution in [0.2, 0.25) is 0 Å². The van der Waals surface area contributed by atoms with E-state index in [0.29, 0.717) is 14.3 Å². The van der Waals surface area contributed by atoms with Gasteiger partial charge in [0.1, 0.15) is 0 Å². The van der Waals surface area contributed by atoms with Crippen LogP contribution in [0.1, 0.15) is 10.4 Å². The van der Waals surface area contributed by atoms with Crippen molar-refractivity contribution in [1.29, 1.82) is 0 Å². The first-order chi connectivity index (χ1) is 11.5. The van der Waals surface area contributed by atoms with Gasteiger partial charge >= 0.3 is 159 Å². The Labute approximate surface area is 170 Å². The Kier molecular flexibility index (Phi) is 9.84. The van der Waals surface area contributed by atoms with Gasteiger partial charge in [0, 0.05) is 0 Å². The summed E-state index contributed by atoms with van der Waals surface area (Å²) in [4.78, 5) is 21.0. The molecule has 1 amide bonds. The van der Waals surface area contributed by atoms with Crippen LogP contribution >= 0.6 is 35.0 Å². The zero-order chi connectivity index (χ0) is 17.5. The van der Waals surface area contributed by atoms with Gasteiger partial charge in [0.2, 0.25) is 0 Å². The third kappa shape index (κ3) is 6.80. The van der Waals surface area contributed by atoms with Crippen molar-refractivity contribution < 1.29 is 24.2 Å². The molecule has 0 radical (unpaired) electrons. The predicted octanol–water partition coefficient (Wildman–Crippen LogP) is -0.351. The minimum absolute atomic E-state index is 0. The van der Waals surface area contributed by atoms with Gasteiger partial charge in [-0.1, -0.05) is 0 Å². The molecule has 0 bridgehead atoms. The molecule has 0 aliphatic rings. The van der Waals surface area contributed by atoms with Gasteiger partial charge in [0.25, 0.3) is 0 Å². The fourth-order valence-electron chi connectivity index (χ4n) is 1.74. The molecule has 25 heavy (non-hydrogen) atoms. The molecular weight excluding hydrogens is 528 g/mol. The molecular formula is C15H16AsClFIN2O4. The zero-order valence-electron chi connectivity index (χ0n) is 12.8. The Bertz CT molecular complexity index is 726. The number of carbonyl (C=O) groups is 1. The van der Waals surface area contributed by atoms with E-state index in [-0.39, 0.29) is 24.8 Å². The van der Waals surface area contributed by atoms with E-state index >= 15 is 0 Å². The molecule has 2 atom stereocenters. The molecule has 0 aliphatic heterocycles. The number of aliphatic hydroxyl groups excluding tert-OH is 2. The number of hydrogen-bond donors (Lipinski definition) is 3. The minimum atomic E-state index is -1.10. The first-order valence-corrected chi connectivity index (χ1v) is 10.1. The quantitative estimate of drug-likeness (QED) is 0.252. The van der Waals surface area contributed by atoms with Crippen molar-refractivity contribution in [2.75, 3.05) is 13.2 Å². The zero-order valence-corrected chi connectivity index (χ0v) is 17.9. The Morgan fingerprint density at radius 1 is 1.40 bits per heavy atom. The fourth-order valence-corrected chi connectivity index (χ4v) is 4.54. The van der Waals surface area contributed by atoms with Crippen LogP contribution in [-0.2, 0) is 4.84 Å². The number of halogens is 3. The first kappa shape index (κ1) is 22.3. The molecule has 2 aromatic rings. The molecule has 1 aromatic carbocycles. The van der Waals surface area contributed by atoms with Crippen molar-refractivity contribution in [2.45, 2.75) is 6.10 Å². The molecule has 0 saturated carbocycles. The van der Waals surface area contributed by atoms with Crippen LogP contribution in [0.3, 0.4) is 0 Å².